The minimum Gasteiger partial charge on any atom is -0.476 e. The first kappa shape index (κ1) is 12.9. The minimum atomic E-state index is -0.810. The van der Waals surface area contributed by atoms with Crippen molar-refractivity contribution in [3.05, 3.63) is 23.8 Å². The largest absolute Gasteiger partial charge is 0.476 e. The molecule has 1 amide bonds. The van der Waals surface area contributed by atoms with Crippen LogP contribution in [0.5, 0.6) is 5.75 Å². The van der Waals surface area contributed by atoms with E-state index in [0.717, 1.165) is 23.4 Å². The fraction of sp³-hybridized carbons (Fsp3) is 0.500. The van der Waals surface area contributed by atoms with Crippen LogP contribution in [-0.2, 0) is 11.3 Å². The molecule has 0 saturated carbocycles. The van der Waals surface area contributed by atoms with E-state index in [1.165, 1.54) is 0 Å². The number of amides is 1. The van der Waals surface area contributed by atoms with Gasteiger partial charge in [0.2, 0.25) is 0 Å². The number of ether oxygens (including phenoxy) is 1. The number of rotatable bonds is 3. The Kier molecular flexibility index (Phi) is 3.30. The predicted molar refractivity (Wildman–Crippen MR) is 71.7 cm³/mol. The molecule has 2 N–H and O–H groups in total. The van der Waals surface area contributed by atoms with Crippen LogP contribution in [0, 0.1) is 0 Å². The Labute approximate surface area is 108 Å². The van der Waals surface area contributed by atoms with Gasteiger partial charge >= 0.3 is 0 Å². The van der Waals surface area contributed by atoms with Gasteiger partial charge in [-0.25, -0.2) is 0 Å². The van der Waals surface area contributed by atoms with Gasteiger partial charge in [-0.3, -0.25) is 4.79 Å². The van der Waals surface area contributed by atoms with Crippen molar-refractivity contribution in [2.75, 3.05) is 11.4 Å². The molecular formula is C14H20N2O2. The maximum Gasteiger partial charge on any atom is 0.270 e. The van der Waals surface area contributed by atoms with Gasteiger partial charge in [0.1, 0.15) is 5.75 Å². The number of nitrogens with zero attached hydrogens (tertiary/aromatic N) is 1. The van der Waals surface area contributed by atoms with Crippen molar-refractivity contribution in [2.24, 2.45) is 5.73 Å². The summed E-state index contributed by atoms with van der Waals surface area (Å²) < 4.78 is 5.80. The summed E-state index contributed by atoms with van der Waals surface area (Å²) in [4.78, 5) is 14.1. The topological polar surface area (TPSA) is 55.6 Å². The Balaban J connectivity index is 2.48. The molecule has 0 saturated heterocycles. The number of fused-ring (bicyclic) bond motifs is 1. The molecule has 0 radical (unpaired) electrons. The molecule has 1 aromatic carbocycles. The van der Waals surface area contributed by atoms with Gasteiger partial charge in [-0.05, 0) is 38.0 Å². The number of carbonyl (C=O) groups excluding carboxylic acids is 1. The maximum absolute atomic E-state index is 12.3. The van der Waals surface area contributed by atoms with Gasteiger partial charge in [-0.1, -0.05) is 13.0 Å². The minimum absolute atomic E-state index is 0.0114. The molecule has 0 unspecified atom stereocenters. The molecule has 2 rings (SSSR count). The quantitative estimate of drug-likeness (QED) is 0.890. The summed E-state index contributed by atoms with van der Waals surface area (Å²) in [6.45, 7) is 6.84. The van der Waals surface area contributed by atoms with E-state index in [1.54, 1.807) is 18.7 Å². The van der Waals surface area contributed by atoms with Crippen LogP contribution in [-0.4, -0.2) is 18.1 Å². The van der Waals surface area contributed by atoms with Crippen molar-refractivity contribution in [1.29, 1.82) is 0 Å². The zero-order valence-corrected chi connectivity index (χ0v) is 11.2. The highest BCUT2D eigenvalue weighted by atomic mass is 16.5. The van der Waals surface area contributed by atoms with E-state index >= 15 is 0 Å². The summed E-state index contributed by atoms with van der Waals surface area (Å²) in [5.74, 6) is 0.758. The molecule has 0 spiro atoms. The van der Waals surface area contributed by atoms with E-state index in [2.05, 4.69) is 6.92 Å². The lowest BCUT2D eigenvalue weighted by Gasteiger charge is -2.38. The molecule has 0 fully saturated rings. The number of hydrogen-bond donors (Lipinski definition) is 1. The summed E-state index contributed by atoms with van der Waals surface area (Å²) >= 11 is 0. The molecule has 0 aromatic heterocycles. The number of nitrogens with two attached hydrogens (primary N) is 1. The zero-order chi connectivity index (χ0) is 13.3. The van der Waals surface area contributed by atoms with Gasteiger partial charge in [0.05, 0.1) is 5.69 Å². The molecule has 98 valence electrons. The molecule has 1 aromatic rings. The summed E-state index contributed by atoms with van der Waals surface area (Å²) in [7, 11) is 0. The molecule has 0 aliphatic carbocycles. The highest BCUT2D eigenvalue weighted by molar-refractivity contribution is 6.02. The standard InChI is InChI=1S/C14H20N2O2/c1-4-7-16-11-6-5-10(9-15)8-12(11)18-14(2,3)13(16)17/h5-6,8H,4,7,9,15H2,1-3H3. The van der Waals surface area contributed by atoms with Crippen LogP contribution >= 0.6 is 0 Å². The molecule has 1 aliphatic rings. The fourth-order valence-corrected chi connectivity index (χ4v) is 2.19. The van der Waals surface area contributed by atoms with Crippen LogP contribution < -0.4 is 15.4 Å². The van der Waals surface area contributed by atoms with Gasteiger partial charge in [0, 0.05) is 13.1 Å². The molecule has 1 aliphatic heterocycles. The van der Waals surface area contributed by atoms with E-state index in [0.29, 0.717) is 13.1 Å². The molecule has 1 heterocycles. The van der Waals surface area contributed by atoms with E-state index in [4.69, 9.17) is 10.5 Å². The average molecular weight is 248 g/mol. The summed E-state index contributed by atoms with van der Waals surface area (Å²) in [5.41, 5.74) is 6.68. The second kappa shape index (κ2) is 4.61. The van der Waals surface area contributed by atoms with Crippen LogP contribution in [0.3, 0.4) is 0 Å². The molecule has 0 atom stereocenters. The SMILES string of the molecule is CCCN1C(=O)C(C)(C)Oc2cc(CN)ccc21. The van der Waals surface area contributed by atoms with Crippen molar-refractivity contribution in [2.45, 2.75) is 39.3 Å². The van der Waals surface area contributed by atoms with E-state index in [-0.39, 0.29) is 5.91 Å². The fourth-order valence-electron chi connectivity index (χ4n) is 2.19. The first-order valence-electron chi connectivity index (χ1n) is 6.33. The number of carbonyl (C=O) groups is 1. The van der Waals surface area contributed by atoms with Gasteiger partial charge in [-0.2, -0.15) is 0 Å². The summed E-state index contributed by atoms with van der Waals surface area (Å²) in [6.07, 6.45) is 0.917. The Morgan fingerprint density at radius 3 is 2.72 bits per heavy atom. The maximum atomic E-state index is 12.3. The molecule has 4 nitrogen and oxygen atoms in total. The molecular weight excluding hydrogens is 228 g/mol. The lowest BCUT2D eigenvalue weighted by atomic mass is 10.0. The van der Waals surface area contributed by atoms with E-state index in [9.17, 15) is 4.79 Å². The number of anilines is 1. The Bertz CT molecular complexity index is 469. The van der Waals surface area contributed by atoms with Crippen LogP contribution in [0.2, 0.25) is 0 Å². The third-order valence-corrected chi connectivity index (χ3v) is 3.12. The number of hydrogen-bond acceptors (Lipinski definition) is 3. The van der Waals surface area contributed by atoms with Gasteiger partial charge in [-0.15, -0.1) is 0 Å². The van der Waals surface area contributed by atoms with Crippen molar-refractivity contribution in [3.63, 3.8) is 0 Å². The Morgan fingerprint density at radius 2 is 2.11 bits per heavy atom. The summed E-state index contributed by atoms with van der Waals surface area (Å²) in [6, 6.07) is 5.78. The Morgan fingerprint density at radius 1 is 1.39 bits per heavy atom. The smallest absolute Gasteiger partial charge is 0.270 e. The highest BCUT2D eigenvalue weighted by Gasteiger charge is 2.40. The third-order valence-electron chi connectivity index (χ3n) is 3.12. The lowest BCUT2D eigenvalue weighted by molar-refractivity contribution is -0.132. The first-order chi connectivity index (χ1) is 8.49. The second-order valence-electron chi connectivity index (χ2n) is 5.08. The Hall–Kier alpha value is -1.55. The van der Waals surface area contributed by atoms with Crippen LogP contribution in [0.1, 0.15) is 32.8 Å². The van der Waals surface area contributed by atoms with Gasteiger partial charge < -0.3 is 15.4 Å². The van der Waals surface area contributed by atoms with Gasteiger partial charge in [0.15, 0.2) is 5.60 Å². The van der Waals surface area contributed by atoms with Crippen molar-refractivity contribution in [1.82, 2.24) is 0 Å². The molecule has 4 heteroatoms. The summed E-state index contributed by atoms with van der Waals surface area (Å²) in [5, 5.41) is 0. The zero-order valence-electron chi connectivity index (χ0n) is 11.2. The van der Waals surface area contributed by atoms with Crippen LogP contribution in [0.25, 0.3) is 0 Å². The van der Waals surface area contributed by atoms with E-state index < -0.39 is 5.60 Å². The third kappa shape index (κ3) is 2.08. The average Bonchev–Trinajstić information content (AvgIpc) is 2.34. The van der Waals surface area contributed by atoms with Crippen molar-refractivity contribution >= 4 is 11.6 Å². The van der Waals surface area contributed by atoms with Crippen LogP contribution in [0.4, 0.5) is 5.69 Å². The van der Waals surface area contributed by atoms with E-state index in [1.807, 2.05) is 18.2 Å². The normalized spacial score (nSPS) is 17.3. The number of benzene rings is 1. The second-order valence-corrected chi connectivity index (χ2v) is 5.08. The first-order valence-corrected chi connectivity index (χ1v) is 6.33. The predicted octanol–water partition coefficient (Wildman–Crippen LogP) is 2.06. The highest BCUT2D eigenvalue weighted by Crippen LogP contribution is 2.38. The lowest BCUT2D eigenvalue weighted by Crippen LogP contribution is -2.52. The van der Waals surface area contributed by atoms with Crippen LogP contribution in [0.15, 0.2) is 18.2 Å². The monoisotopic (exact) mass is 248 g/mol. The van der Waals surface area contributed by atoms with Crippen molar-refractivity contribution in [3.8, 4) is 5.75 Å². The molecule has 18 heavy (non-hydrogen) atoms. The molecule has 0 bridgehead atoms. The van der Waals surface area contributed by atoms with Gasteiger partial charge in [0.25, 0.3) is 5.91 Å². The van der Waals surface area contributed by atoms with Crippen molar-refractivity contribution < 1.29 is 9.53 Å².